The quantitative estimate of drug-likeness (QED) is 0.534. The smallest absolute Gasteiger partial charge is 0.257 e. The summed E-state index contributed by atoms with van der Waals surface area (Å²) in [5, 5.41) is 11.8. The number of likely N-dealkylation sites (N-methyl/N-ethyl adjacent to an activating group) is 1. The molecule has 5 rings (SSSR count). The fourth-order valence-corrected chi connectivity index (χ4v) is 5.48. The third kappa shape index (κ3) is 3.13. The molecular weight excluding hydrogens is 394 g/mol. The second-order valence-corrected chi connectivity index (χ2v) is 8.74. The van der Waals surface area contributed by atoms with E-state index in [-0.39, 0.29) is 5.56 Å². The number of nitrogens with one attached hydrogen (secondary N) is 2. The van der Waals surface area contributed by atoms with Gasteiger partial charge in [-0.3, -0.25) is 14.5 Å². The molecule has 5 heterocycles. The van der Waals surface area contributed by atoms with E-state index in [1.54, 1.807) is 40.6 Å². The molecule has 0 radical (unpaired) electrons. The molecule has 8 nitrogen and oxygen atoms in total. The summed E-state index contributed by atoms with van der Waals surface area (Å²) in [6.45, 7) is 2.08. The van der Waals surface area contributed by atoms with Crippen molar-refractivity contribution in [3.63, 3.8) is 0 Å². The number of aromatic amines is 1. The molecule has 144 valence electrons. The van der Waals surface area contributed by atoms with E-state index < -0.39 is 0 Å². The first-order chi connectivity index (χ1) is 13.7. The van der Waals surface area contributed by atoms with Gasteiger partial charge in [0.1, 0.15) is 0 Å². The molecule has 28 heavy (non-hydrogen) atoms. The molecule has 0 aliphatic carbocycles. The van der Waals surface area contributed by atoms with Crippen LogP contribution in [-0.2, 0) is 0 Å². The van der Waals surface area contributed by atoms with E-state index in [4.69, 9.17) is 4.98 Å². The Kier molecular flexibility index (Phi) is 4.46. The first kappa shape index (κ1) is 17.5. The number of fused-ring (bicyclic) bond motifs is 1. The molecule has 1 saturated heterocycles. The predicted octanol–water partition coefficient (Wildman–Crippen LogP) is 2.48. The van der Waals surface area contributed by atoms with Gasteiger partial charge < -0.3 is 10.2 Å². The van der Waals surface area contributed by atoms with Crippen LogP contribution in [0.4, 0.5) is 5.13 Å². The van der Waals surface area contributed by atoms with Crippen LogP contribution < -0.4 is 15.8 Å². The van der Waals surface area contributed by atoms with E-state index in [0.717, 1.165) is 39.0 Å². The van der Waals surface area contributed by atoms with E-state index in [9.17, 15) is 4.79 Å². The van der Waals surface area contributed by atoms with Gasteiger partial charge in [-0.05, 0) is 31.0 Å². The molecule has 1 aliphatic rings. The number of aromatic nitrogens is 5. The standard InChI is InChI=1S/C18H19N7OS2/c1-24(13-3-2-5-19-10-13)17-22-15-16(27-17)23-18(28-15)25-6-4-11(7-14(25)26)12-8-20-21-9-12/h4,6-9,13,19H,2-3,5,10H2,1H3,(H,20,21)/t13-/m1/s1. The van der Waals surface area contributed by atoms with E-state index in [1.165, 1.54) is 24.2 Å². The maximum absolute atomic E-state index is 12.6. The third-order valence-corrected chi connectivity index (χ3v) is 7.15. The van der Waals surface area contributed by atoms with Gasteiger partial charge in [-0.25, -0.2) is 9.97 Å². The lowest BCUT2D eigenvalue weighted by molar-refractivity contribution is 0.445. The van der Waals surface area contributed by atoms with Crippen LogP contribution in [0.5, 0.6) is 0 Å². The summed E-state index contributed by atoms with van der Waals surface area (Å²) in [6, 6.07) is 3.96. The summed E-state index contributed by atoms with van der Waals surface area (Å²) >= 11 is 3.02. The number of piperidine rings is 1. The second kappa shape index (κ2) is 7.12. The number of nitrogens with zero attached hydrogens (tertiary/aromatic N) is 5. The van der Waals surface area contributed by atoms with E-state index in [0.29, 0.717) is 11.2 Å². The van der Waals surface area contributed by atoms with Crippen LogP contribution in [0.25, 0.3) is 25.9 Å². The Bertz CT molecular complexity index is 1120. The van der Waals surface area contributed by atoms with Crippen LogP contribution in [0.15, 0.2) is 35.5 Å². The lowest BCUT2D eigenvalue weighted by Crippen LogP contribution is -2.44. The highest BCUT2D eigenvalue weighted by Gasteiger charge is 2.22. The summed E-state index contributed by atoms with van der Waals surface area (Å²) in [5.41, 5.74) is 1.60. The maximum atomic E-state index is 12.6. The number of hydrogen-bond acceptors (Lipinski definition) is 8. The largest absolute Gasteiger partial charge is 0.347 e. The van der Waals surface area contributed by atoms with Crippen LogP contribution in [-0.4, -0.2) is 50.9 Å². The van der Waals surface area contributed by atoms with Crippen LogP contribution in [0.2, 0.25) is 0 Å². The Morgan fingerprint density at radius 2 is 2.14 bits per heavy atom. The molecule has 0 saturated carbocycles. The molecule has 0 unspecified atom stereocenters. The van der Waals surface area contributed by atoms with Gasteiger partial charge in [0, 0.05) is 43.7 Å². The number of anilines is 1. The molecule has 10 heteroatoms. The van der Waals surface area contributed by atoms with Gasteiger partial charge >= 0.3 is 0 Å². The van der Waals surface area contributed by atoms with Crippen LogP contribution >= 0.6 is 22.7 Å². The predicted molar refractivity (Wildman–Crippen MR) is 113 cm³/mol. The normalized spacial score (nSPS) is 17.2. The van der Waals surface area contributed by atoms with Crippen molar-refractivity contribution in [2.24, 2.45) is 0 Å². The van der Waals surface area contributed by atoms with Crippen molar-refractivity contribution in [2.75, 3.05) is 25.0 Å². The monoisotopic (exact) mass is 413 g/mol. The van der Waals surface area contributed by atoms with Crippen molar-refractivity contribution in [3.05, 3.63) is 41.1 Å². The van der Waals surface area contributed by atoms with Crippen LogP contribution in [0.3, 0.4) is 0 Å². The van der Waals surface area contributed by atoms with Crippen molar-refractivity contribution < 1.29 is 0 Å². The topological polar surface area (TPSA) is 91.7 Å². The highest BCUT2D eigenvalue weighted by atomic mass is 32.1. The minimum Gasteiger partial charge on any atom is -0.347 e. The van der Waals surface area contributed by atoms with Crippen molar-refractivity contribution in [1.82, 2.24) is 30.0 Å². The van der Waals surface area contributed by atoms with Gasteiger partial charge in [0.2, 0.25) is 0 Å². The maximum Gasteiger partial charge on any atom is 0.257 e. The molecule has 4 aromatic heterocycles. The van der Waals surface area contributed by atoms with Crippen molar-refractivity contribution in [3.8, 4) is 16.3 Å². The molecule has 1 atom stereocenters. The fourth-order valence-electron chi connectivity index (χ4n) is 3.42. The van der Waals surface area contributed by atoms with Gasteiger partial charge in [-0.1, -0.05) is 22.7 Å². The number of pyridine rings is 1. The molecule has 1 aliphatic heterocycles. The molecule has 1 fully saturated rings. The molecule has 0 spiro atoms. The van der Waals surface area contributed by atoms with E-state index >= 15 is 0 Å². The minimum atomic E-state index is -0.120. The number of thiazole rings is 2. The van der Waals surface area contributed by atoms with E-state index in [1.807, 2.05) is 6.07 Å². The van der Waals surface area contributed by atoms with E-state index in [2.05, 4.69) is 32.4 Å². The molecule has 4 aromatic rings. The zero-order valence-electron chi connectivity index (χ0n) is 15.3. The Hall–Kier alpha value is -2.56. The van der Waals surface area contributed by atoms with Crippen molar-refractivity contribution in [1.29, 1.82) is 0 Å². The highest BCUT2D eigenvalue weighted by molar-refractivity contribution is 7.29. The number of H-pyrrole nitrogens is 1. The van der Waals surface area contributed by atoms with Gasteiger partial charge in [-0.15, -0.1) is 0 Å². The van der Waals surface area contributed by atoms with Crippen LogP contribution in [0.1, 0.15) is 12.8 Å². The summed E-state index contributed by atoms with van der Waals surface area (Å²) < 4.78 is 1.57. The number of hydrogen-bond donors (Lipinski definition) is 2. The van der Waals surface area contributed by atoms with Gasteiger partial charge in [0.25, 0.3) is 5.56 Å². The van der Waals surface area contributed by atoms with Gasteiger partial charge in [0.15, 0.2) is 19.9 Å². The third-order valence-electron chi connectivity index (χ3n) is 5.03. The van der Waals surface area contributed by atoms with Gasteiger partial charge in [0.05, 0.1) is 6.20 Å². The van der Waals surface area contributed by atoms with Crippen molar-refractivity contribution in [2.45, 2.75) is 18.9 Å². The minimum absolute atomic E-state index is 0.120. The van der Waals surface area contributed by atoms with Crippen molar-refractivity contribution >= 4 is 37.5 Å². The molecule has 2 N–H and O–H groups in total. The SMILES string of the molecule is CN(c1nc2sc(-n3ccc(-c4cn[nH]c4)cc3=O)nc2s1)[C@@H]1CCCNC1. The first-order valence-electron chi connectivity index (χ1n) is 9.12. The van der Waals surface area contributed by atoms with Gasteiger partial charge in [-0.2, -0.15) is 5.10 Å². The van der Waals surface area contributed by atoms with Crippen LogP contribution in [0, 0.1) is 0 Å². The lowest BCUT2D eigenvalue weighted by Gasteiger charge is -2.31. The molecule has 0 aromatic carbocycles. The Balaban J connectivity index is 1.43. The average molecular weight is 414 g/mol. The summed E-state index contributed by atoms with van der Waals surface area (Å²) in [5.74, 6) is 0. The fraction of sp³-hybridized carbons (Fsp3) is 0.333. The first-order valence-corrected chi connectivity index (χ1v) is 10.8. The Morgan fingerprint density at radius 3 is 2.86 bits per heavy atom. The Labute approximate surface area is 168 Å². The summed E-state index contributed by atoms with van der Waals surface area (Å²) in [7, 11) is 2.10. The summed E-state index contributed by atoms with van der Waals surface area (Å²) in [6.07, 6.45) is 7.58. The lowest BCUT2D eigenvalue weighted by atomic mass is 10.1. The average Bonchev–Trinajstić information content (AvgIpc) is 3.44. The number of rotatable bonds is 4. The Morgan fingerprint density at radius 1 is 1.25 bits per heavy atom. The zero-order valence-corrected chi connectivity index (χ0v) is 16.9. The molecular formula is C18H19N7OS2. The second-order valence-electron chi connectivity index (χ2n) is 6.82. The molecule has 0 amide bonds. The summed E-state index contributed by atoms with van der Waals surface area (Å²) in [4.78, 5) is 26.0. The zero-order chi connectivity index (χ0) is 19.1. The highest BCUT2D eigenvalue weighted by Crippen LogP contribution is 2.34. The molecule has 0 bridgehead atoms.